The number of nitriles is 1. The number of nitrogens with zero attached hydrogens (tertiary/aromatic N) is 4. The third-order valence-electron chi connectivity index (χ3n) is 3.11. The zero-order chi connectivity index (χ0) is 15.0. The molecule has 0 amide bonds. The second-order valence-electron chi connectivity index (χ2n) is 4.39. The van der Waals surface area contributed by atoms with Crippen molar-refractivity contribution < 1.29 is 9.90 Å². The van der Waals surface area contributed by atoms with Gasteiger partial charge in [0, 0.05) is 0 Å². The minimum absolute atomic E-state index is 0.142. The fourth-order valence-corrected chi connectivity index (χ4v) is 2.20. The second kappa shape index (κ2) is 4.64. The normalized spacial score (nSPS) is 16.8. The van der Waals surface area contributed by atoms with Crippen LogP contribution in [0.1, 0.15) is 22.2 Å². The largest absolute Gasteiger partial charge is 0.475 e. The Morgan fingerprint density at radius 2 is 2.14 bits per heavy atom. The molecule has 0 spiro atoms. The Bertz CT molecular complexity index is 787. The van der Waals surface area contributed by atoms with Crippen LogP contribution in [0.25, 0.3) is 0 Å². The molecule has 2 aromatic rings. The van der Waals surface area contributed by atoms with E-state index in [1.54, 1.807) is 0 Å². The summed E-state index contributed by atoms with van der Waals surface area (Å²) in [5, 5.41) is 25.0. The molecule has 0 fully saturated rings. The number of aromatic nitrogens is 3. The molecule has 0 saturated carbocycles. The van der Waals surface area contributed by atoms with Gasteiger partial charge in [-0.1, -0.05) is 30.3 Å². The van der Waals surface area contributed by atoms with Gasteiger partial charge in [-0.05, 0) is 5.56 Å². The minimum Gasteiger partial charge on any atom is -0.475 e. The molecule has 0 unspecified atom stereocenters. The summed E-state index contributed by atoms with van der Waals surface area (Å²) in [6, 6.07) is 10.5. The highest BCUT2D eigenvalue weighted by Gasteiger charge is 2.31. The van der Waals surface area contributed by atoms with Gasteiger partial charge in [0.05, 0.1) is 5.57 Å². The van der Waals surface area contributed by atoms with Gasteiger partial charge in [0.25, 0.3) is 5.82 Å². The minimum atomic E-state index is -1.25. The van der Waals surface area contributed by atoms with Gasteiger partial charge in [0.2, 0.25) is 5.95 Å². The van der Waals surface area contributed by atoms with Crippen LogP contribution in [0.15, 0.2) is 41.7 Å². The number of carbonyl (C=O) groups is 1. The van der Waals surface area contributed by atoms with E-state index < -0.39 is 12.0 Å². The van der Waals surface area contributed by atoms with Crippen molar-refractivity contribution in [3.63, 3.8) is 0 Å². The molecule has 3 rings (SSSR count). The second-order valence-corrected chi connectivity index (χ2v) is 4.39. The lowest BCUT2D eigenvalue weighted by molar-refractivity contribution is 0.0683. The highest BCUT2D eigenvalue weighted by Crippen LogP contribution is 2.32. The number of hydrogen-bond donors (Lipinski definition) is 3. The lowest BCUT2D eigenvalue weighted by Crippen LogP contribution is -2.28. The third-order valence-corrected chi connectivity index (χ3v) is 3.11. The van der Waals surface area contributed by atoms with Crippen molar-refractivity contribution >= 4 is 11.9 Å². The maximum atomic E-state index is 11.0. The molecule has 8 nitrogen and oxygen atoms in total. The number of allylic oxidation sites excluding steroid dienone is 1. The van der Waals surface area contributed by atoms with E-state index in [1.165, 1.54) is 4.68 Å². The monoisotopic (exact) mass is 282 g/mol. The van der Waals surface area contributed by atoms with Crippen LogP contribution in [0.3, 0.4) is 0 Å². The highest BCUT2D eigenvalue weighted by atomic mass is 16.4. The first-order valence-electron chi connectivity index (χ1n) is 6.03. The first-order valence-corrected chi connectivity index (χ1v) is 6.03. The summed E-state index contributed by atoms with van der Waals surface area (Å²) >= 11 is 0. The van der Waals surface area contributed by atoms with Crippen molar-refractivity contribution in [2.45, 2.75) is 6.04 Å². The molecule has 0 aliphatic carbocycles. The van der Waals surface area contributed by atoms with Gasteiger partial charge < -0.3 is 16.2 Å². The highest BCUT2D eigenvalue weighted by molar-refractivity contribution is 5.83. The number of hydrogen-bond acceptors (Lipinski definition) is 6. The number of carboxylic acid groups (broad SMARTS) is 1. The van der Waals surface area contributed by atoms with Crippen LogP contribution in [0.5, 0.6) is 0 Å². The van der Waals surface area contributed by atoms with Crippen LogP contribution in [0, 0.1) is 11.3 Å². The van der Waals surface area contributed by atoms with Crippen LogP contribution in [-0.4, -0.2) is 25.8 Å². The maximum absolute atomic E-state index is 11.0. The van der Waals surface area contributed by atoms with E-state index in [0.29, 0.717) is 0 Å². The summed E-state index contributed by atoms with van der Waals surface area (Å²) < 4.78 is 1.35. The summed E-state index contributed by atoms with van der Waals surface area (Å²) in [5.41, 5.74) is 6.86. The van der Waals surface area contributed by atoms with E-state index in [2.05, 4.69) is 15.4 Å². The maximum Gasteiger partial charge on any atom is 0.375 e. The molecule has 21 heavy (non-hydrogen) atoms. The Labute approximate surface area is 119 Å². The summed E-state index contributed by atoms with van der Waals surface area (Å²) in [5.74, 6) is -1.27. The van der Waals surface area contributed by atoms with Gasteiger partial charge in [0.15, 0.2) is 0 Å². The fourth-order valence-electron chi connectivity index (χ4n) is 2.20. The molecule has 0 radical (unpaired) electrons. The number of carboxylic acids is 1. The van der Waals surface area contributed by atoms with Crippen LogP contribution >= 0.6 is 0 Å². The molecule has 0 saturated heterocycles. The van der Waals surface area contributed by atoms with Gasteiger partial charge in [-0.25, -0.2) is 9.48 Å². The van der Waals surface area contributed by atoms with E-state index in [9.17, 15) is 10.1 Å². The van der Waals surface area contributed by atoms with Crippen LogP contribution in [0.4, 0.5) is 5.95 Å². The Hall–Kier alpha value is -3.34. The average Bonchev–Trinajstić information content (AvgIpc) is 2.90. The lowest BCUT2D eigenvalue weighted by atomic mass is 9.98. The number of nitrogens with one attached hydrogen (secondary N) is 1. The Kier molecular flexibility index (Phi) is 2.80. The van der Waals surface area contributed by atoms with Gasteiger partial charge >= 0.3 is 5.97 Å². The average molecular weight is 282 g/mol. The van der Waals surface area contributed by atoms with Gasteiger partial charge in [-0.15, -0.1) is 5.10 Å². The van der Waals surface area contributed by atoms with Gasteiger partial charge in [-0.3, -0.25) is 0 Å². The molecule has 1 aliphatic heterocycles. The molecule has 4 N–H and O–H groups in total. The summed E-state index contributed by atoms with van der Waals surface area (Å²) in [4.78, 5) is 14.9. The summed E-state index contributed by atoms with van der Waals surface area (Å²) in [6.07, 6.45) is 0. The first-order chi connectivity index (χ1) is 10.1. The molecule has 0 bridgehead atoms. The van der Waals surface area contributed by atoms with E-state index in [0.717, 1.165) is 5.56 Å². The smallest absolute Gasteiger partial charge is 0.375 e. The van der Waals surface area contributed by atoms with E-state index in [-0.39, 0.29) is 23.2 Å². The Morgan fingerprint density at radius 3 is 2.76 bits per heavy atom. The standard InChI is InChI=1S/C13H10N6O2/c14-6-8-9(7-4-2-1-3-5-7)19-13(16-10(8)15)17-11(18-19)12(20)21/h1-5,9H,15H2,(H,20,21)(H,16,17,18)/t9-/m0/s1. The van der Waals surface area contributed by atoms with Crippen LogP contribution in [-0.2, 0) is 0 Å². The number of nitrogens with two attached hydrogens (primary N) is 1. The van der Waals surface area contributed by atoms with Crippen molar-refractivity contribution in [1.82, 2.24) is 14.8 Å². The first kappa shape index (κ1) is 12.7. The number of fused-ring (bicyclic) bond motifs is 1. The molecular weight excluding hydrogens is 272 g/mol. The molecule has 8 heteroatoms. The molecule has 1 aliphatic rings. The van der Waals surface area contributed by atoms with Crippen molar-refractivity contribution in [3.8, 4) is 6.07 Å². The number of anilines is 1. The molecule has 1 aromatic carbocycles. The fraction of sp³-hybridized carbons (Fsp3) is 0.0769. The van der Waals surface area contributed by atoms with E-state index in [1.807, 2.05) is 36.4 Å². The quantitative estimate of drug-likeness (QED) is 0.738. The zero-order valence-electron chi connectivity index (χ0n) is 10.7. The predicted molar refractivity (Wildman–Crippen MR) is 72.0 cm³/mol. The Morgan fingerprint density at radius 1 is 1.43 bits per heavy atom. The van der Waals surface area contributed by atoms with Gasteiger partial charge in [0.1, 0.15) is 17.9 Å². The molecular formula is C13H10N6O2. The predicted octanol–water partition coefficient (Wildman–Crippen LogP) is 0.685. The van der Waals surface area contributed by atoms with Gasteiger partial charge in [-0.2, -0.15) is 10.2 Å². The SMILES string of the molecule is N#CC1=C(N)Nc2nc(C(=O)O)nn2[C@H]1c1ccccc1. The Balaban J connectivity index is 2.21. The van der Waals surface area contributed by atoms with Crippen molar-refractivity contribution in [3.05, 3.63) is 53.1 Å². The van der Waals surface area contributed by atoms with Crippen molar-refractivity contribution in [1.29, 1.82) is 5.26 Å². The van der Waals surface area contributed by atoms with Crippen LogP contribution < -0.4 is 11.1 Å². The number of aromatic carboxylic acids is 1. The topological polar surface area (TPSA) is 130 Å². The van der Waals surface area contributed by atoms with E-state index in [4.69, 9.17) is 10.8 Å². The van der Waals surface area contributed by atoms with Crippen molar-refractivity contribution in [2.24, 2.45) is 5.73 Å². The number of benzene rings is 1. The lowest BCUT2D eigenvalue weighted by Gasteiger charge is -2.25. The molecule has 104 valence electrons. The zero-order valence-corrected chi connectivity index (χ0v) is 10.7. The van der Waals surface area contributed by atoms with E-state index >= 15 is 0 Å². The summed E-state index contributed by atoms with van der Waals surface area (Å²) in [6.45, 7) is 0. The molecule has 1 aromatic heterocycles. The van der Waals surface area contributed by atoms with Crippen molar-refractivity contribution in [2.75, 3.05) is 5.32 Å². The number of rotatable bonds is 2. The molecule has 1 atom stereocenters. The summed E-state index contributed by atoms with van der Waals surface area (Å²) in [7, 11) is 0. The van der Waals surface area contributed by atoms with Crippen LogP contribution in [0.2, 0.25) is 0 Å². The molecule has 2 heterocycles. The third kappa shape index (κ3) is 1.97.